The highest BCUT2D eigenvalue weighted by molar-refractivity contribution is 8.00. The zero-order valence-corrected chi connectivity index (χ0v) is 27.9. The van der Waals surface area contributed by atoms with E-state index >= 15 is 0 Å². The van der Waals surface area contributed by atoms with Crippen molar-refractivity contribution >= 4 is 29.6 Å². The molecule has 0 aromatic heterocycles. The third kappa shape index (κ3) is 5.27. The lowest BCUT2D eigenvalue weighted by Crippen LogP contribution is -2.71. The number of carbonyl (C=O) groups is 3. The molecule has 5 fully saturated rings. The van der Waals surface area contributed by atoms with E-state index in [0.717, 1.165) is 19.3 Å². The van der Waals surface area contributed by atoms with Crippen molar-refractivity contribution in [2.45, 2.75) is 135 Å². The number of alkyl carbamates (subject to hydrolysis) is 1. The lowest BCUT2D eigenvalue weighted by atomic mass is 9.32. The van der Waals surface area contributed by atoms with Gasteiger partial charge in [-0.25, -0.2) is 4.79 Å². The van der Waals surface area contributed by atoms with Crippen molar-refractivity contribution in [2.75, 3.05) is 5.75 Å². The van der Waals surface area contributed by atoms with Crippen LogP contribution in [0.3, 0.4) is 0 Å². The Morgan fingerprint density at radius 2 is 1.86 bits per heavy atom. The number of rotatable bonds is 6. The summed E-state index contributed by atoms with van der Waals surface area (Å²) >= 11 is 1.41. The van der Waals surface area contributed by atoms with Crippen molar-refractivity contribution < 1.29 is 34.1 Å². The van der Waals surface area contributed by atoms with Crippen LogP contribution in [0.15, 0.2) is 12.7 Å². The number of aliphatic hydroxyl groups excluding tert-OH is 2. The molecule has 2 spiro atoms. The second-order valence-corrected chi connectivity index (χ2v) is 17.3. The van der Waals surface area contributed by atoms with E-state index in [-0.39, 0.29) is 51.6 Å². The maximum absolute atomic E-state index is 13.5. The van der Waals surface area contributed by atoms with E-state index in [2.05, 4.69) is 32.7 Å². The van der Waals surface area contributed by atoms with Gasteiger partial charge in [0.1, 0.15) is 17.5 Å². The van der Waals surface area contributed by atoms with E-state index in [1.807, 2.05) is 33.8 Å². The Labute approximate surface area is 261 Å². The molecule has 242 valence electrons. The van der Waals surface area contributed by atoms with Crippen LogP contribution in [0.4, 0.5) is 4.79 Å². The molecule has 0 aliphatic heterocycles. The minimum absolute atomic E-state index is 0.0139. The van der Waals surface area contributed by atoms with E-state index < -0.39 is 40.8 Å². The van der Waals surface area contributed by atoms with Gasteiger partial charge in [-0.15, -0.1) is 18.3 Å². The second-order valence-electron chi connectivity index (χ2n) is 16.1. The Morgan fingerprint density at radius 3 is 2.49 bits per heavy atom. The van der Waals surface area contributed by atoms with Gasteiger partial charge in [0.25, 0.3) is 0 Å². The molecular formula is C34H53NO7S. The number of thioether (sulfide) groups is 1. The van der Waals surface area contributed by atoms with Crippen LogP contribution in [0.5, 0.6) is 0 Å². The molecule has 8 nitrogen and oxygen atoms in total. The molecule has 3 unspecified atom stereocenters. The summed E-state index contributed by atoms with van der Waals surface area (Å²) < 4.78 is 11.8. The zero-order valence-electron chi connectivity index (χ0n) is 27.1. The van der Waals surface area contributed by atoms with E-state index in [1.54, 1.807) is 0 Å². The van der Waals surface area contributed by atoms with Gasteiger partial charge in [0.05, 0.1) is 18.0 Å². The van der Waals surface area contributed by atoms with Gasteiger partial charge in [0.2, 0.25) is 0 Å². The summed E-state index contributed by atoms with van der Waals surface area (Å²) in [6.07, 6.45) is 4.78. The molecular weight excluding hydrogens is 566 g/mol. The molecule has 1 amide bonds. The first kappa shape index (κ1) is 32.8. The number of nitrogens with one attached hydrogen (secondary N) is 1. The molecule has 43 heavy (non-hydrogen) atoms. The van der Waals surface area contributed by atoms with Crippen LogP contribution in [0.1, 0.15) is 99.8 Å². The van der Waals surface area contributed by atoms with E-state index in [9.17, 15) is 24.6 Å². The molecule has 2 bridgehead atoms. The SMILES string of the molecule is C=C[C@]1(C)C[C@@H](OC(=O)CS[C@H]2CC[C@H](NC(=O)OC(C)(C)C)C[C@@H]2O)[C@]2(C)C(C)CC34C[C@@](CCC3=O)([C@@H]42)[C@@H](C)C1O. The lowest BCUT2D eigenvalue weighted by molar-refractivity contribution is -0.257. The number of hydrogen-bond donors (Lipinski definition) is 3. The summed E-state index contributed by atoms with van der Waals surface area (Å²) in [5.74, 6) is 0.428. The monoisotopic (exact) mass is 619 g/mol. The summed E-state index contributed by atoms with van der Waals surface area (Å²) in [6.45, 7) is 18.2. The molecule has 0 saturated heterocycles. The van der Waals surface area contributed by atoms with E-state index in [0.29, 0.717) is 37.9 Å². The third-order valence-electron chi connectivity index (χ3n) is 12.5. The number of aliphatic hydroxyl groups is 2. The van der Waals surface area contributed by atoms with Gasteiger partial charge < -0.3 is 25.0 Å². The van der Waals surface area contributed by atoms with Gasteiger partial charge in [-0.3, -0.25) is 9.59 Å². The molecule has 12 atom stereocenters. The molecule has 0 aromatic carbocycles. The zero-order chi connectivity index (χ0) is 31.8. The van der Waals surface area contributed by atoms with Crippen molar-refractivity contribution in [2.24, 2.45) is 39.4 Å². The molecule has 5 saturated carbocycles. The van der Waals surface area contributed by atoms with Crippen LogP contribution in [-0.4, -0.2) is 69.0 Å². The summed E-state index contributed by atoms with van der Waals surface area (Å²) in [5.41, 5.74) is -2.13. The fourth-order valence-corrected chi connectivity index (χ4v) is 11.4. The predicted octanol–water partition coefficient (Wildman–Crippen LogP) is 5.43. The summed E-state index contributed by atoms with van der Waals surface area (Å²) in [5, 5.41) is 25.3. The summed E-state index contributed by atoms with van der Waals surface area (Å²) in [4.78, 5) is 39.2. The van der Waals surface area contributed by atoms with Gasteiger partial charge in [0, 0.05) is 34.0 Å². The Balaban J connectivity index is 1.28. The van der Waals surface area contributed by atoms with Gasteiger partial charge in [-0.05, 0) is 88.9 Å². The van der Waals surface area contributed by atoms with Gasteiger partial charge >= 0.3 is 12.1 Å². The van der Waals surface area contributed by atoms with E-state index in [1.165, 1.54) is 11.8 Å². The Morgan fingerprint density at radius 1 is 1.16 bits per heavy atom. The van der Waals surface area contributed by atoms with Crippen molar-refractivity contribution in [3.8, 4) is 0 Å². The number of Topliss-reactive ketones (excluding diaryl/α,β-unsaturated/α-hetero) is 1. The average Bonchev–Trinajstić information content (AvgIpc) is 3.09. The van der Waals surface area contributed by atoms with Crippen molar-refractivity contribution in [1.29, 1.82) is 0 Å². The fourth-order valence-electron chi connectivity index (χ4n) is 10.3. The van der Waals surface area contributed by atoms with Crippen LogP contribution >= 0.6 is 11.8 Å². The number of esters is 1. The van der Waals surface area contributed by atoms with Gasteiger partial charge in [-0.2, -0.15) is 0 Å². The Bertz CT molecular complexity index is 1150. The molecule has 0 aromatic rings. The molecule has 5 aliphatic carbocycles. The quantitative estimate of drug-likeness (QED) is 0.266. The molecule has 5 rings (SSSR count). The molecule has 9 heteroatoms. The largest absolute Gasteiger partial charge is 0.461 e. The van der Waals surface area contributed by atoms with Gasteiger partial charge in [-0.1, -0.05) is 33.8 Å². The first-order chi connectivity index (χ1) is 19.9. The highest BCUT2D eigenvalue weighted by Crippen LogP contribution is 2.82. The Hall–Kier alpha value is -1.58. The second kappa shape index (κ2) is 11.0. The summed E-state index contributed by atoms with van der Waals surface area (Å²) in [6, 6.07) is -0.179. The van der Waals surface area contributed by atoms with Crippen LogP contribution in [-0.2, 0) is 19.1 Å². The number of carbonyl (C=O) groups excluding carboxylic acids is 3. The first-order valence-corrected chi connectivity index (χ1v) is 17.3. The maximum Gasteiger partial charge on any atom is 0.407 e. The number of amides is 1. The number of hydrogen-bond acceptors (Lipinski definition) is 8. The highest BCUT2D eigenvalue weighted by Gasteiger charge is 2.81. The standard InChI is InChI=1S/C34H53NO7S/c1-9-31(7)16-25(32(8)19(2)15-34-18-33(28(32)34,13-12-24(34)37)20(3)27(31)39)41-26(38)17-43-23-11-10-21(14-22(23)36)35-29(40)42-30(4,5)6/h9,19-23,25,27-28,36,39H,1,10-18H2,2-8H3,(H,35,40)/t19?,20-,21-,22-,23-,25+,27?,28-,31+,32-,33+,34?/m0/s1. The fraction of sp³-hybridized carbons (Fsp3) is 0.853. The van der Waals surface area contributed by atoms with Crippen molar-refractivity contribution in [3.05, 3.63) is 12.7 Å². The molecule has 0 heterocycles. The minimum Gasteiger partial charge on any atom is -0.461 e. The van der Waals surface area contributed by atoms with E-state index in [4.69, 9.17) is 9.47 Å². The first-order valence-electron chi connectivity index (χ1n) is 16.3. The number of ketones is 1. The molecule has 5 aliphatic rings. The van der Waals surface area contributed by atoms with Crippen LogP contribution in [0.2, 0.25) is 0 Å². The van der Waals surface area contributed by atoms with Crippen LogP contribution in [0, 0.1) is 39.4 Å². The van der Waals surface area contributed by atoms with Crippen LogP contribution < -0.4 is 5.32 Å². The smallest absolute Gasteiger partial charge is 0.407 e. The third-order valence-corrected chi connectivity index (χ3v) is 13.9. The van der Waals surface area contributed by atoms with Crippen LogP contribution in [0.25, 0.3) is 0 Å². The normalized spacial score (nSPS) is 47.3. The molecule has 0 radical (unpaired) electrons. The summed E-state index contributed by atoms with van der Waals surface area (Å²) in [7, 11) is 0. The maximum atomic E-state index is 13.5. The predicted molar refractivity (Wildman–Crippen MR) is 166 cm³/mol. The number of ether oxygens (including phenoxy) is 2. The van der Waals surface area contributed by atoms with Gasteiger partial charge in [0.15, 0.2) is 0 Å². The highest BCUT2D eigenvalue weighted by atomic mass is 32.2. The lowest BCUT2D eigenvalue weighted by Gasteiger charge is -2.71. The molecule has 3 N–H and O–H groups in total. The average molecular weight is 620 g/mol. The van der Waals surface area contributed by atoms with Crippen molar-refractivity contribution in [3.63, 3.8) is 0 Å². The Kier molecular flexibility index (Phi) is 8.42. The minimum atomic E-state index is -0.666. The van der Waals surface area contributed by atoms with Crippen molar-refractivity contribution in [1.82, 2.24) is 5.32 Å². The topological polar surface area (TPSA) is 122 Å².